The van der Waals surface area contributed by atoms with Crippen molar-refractivity contribution in [2.24, 2.45) is 0 Å². The minimum atomic E-state index is 0.831. The second-order valence-electron chi connectivity index (χ2n) is 3.16. The Bertz CT molecular complexity index is 160. The van der Waals surface area contributed by atoms with Gasteiger partial charge in [-0.25, -0.2) is 0 Å². The highest BCUT2D eigenvalue weighted by atomic mass is 32.2. The topological polar surface area (TPSA) is 3.24 Å². The smallest absolute Gasteiger partial charge is 0.0599 e. The van der Waals surface area contributed by atoms with Crippen molar-refractivity contribution in [2.75, 3.05) is 25.4 Å². The maximum Gasteiger partial charge on any atom is 0.0599 e. The van der Waals surface area contributed by atoms with Gasteiger partial charge in [0.1, 0.15) is 0 Å². The van der Waals surface area contributed by atoms with Crippen molar-refractivity contribution in [2.45, 2.75) is 25.0 Å². The minimum Gasteiger partial charge on any atom is -0.291 e. The summed E-state index contributed by atoms with van der Waals surface area (Å²) in [6.07, 6.45) is 7.97. The fourth-order valence-corrected chi connectivity index (χ4v) is 2.78. The number of piperidine rings is 1. The molecule has 0 aromatic heterocycles. The molecule has 1 saturated heterocycles. The van der Waals surface area contributed by atoms with Crippen LogP contribution in [0.5, 0.6) is 0 Å². The van der Waals surface area contributed by atoms with Crippen LogP contribution >= 0.6 is 11.8 Å². The van der Waals surface area contributed by atoms with Crippen LogP contribution in [0.3, 0.4) is 0 Å². The van der Waals surface area contributed by atoms with E-state index >= 15 is 0 Å². The van der Waals surface area contributed by atoms with Gasteiger partial charge < -0.3 is 0 Å². The summed E-state index contributed by atoms with van der Waals surface area (Å²) in [5.74, 6) is 3.95. The highest BCUT2D eigenvalue weighted by Gasteiger charge is 2.18. The van der Waals surface area contributed by atoms with E-state index in [4.69, 9.17) is 6.42 Å². The average molecular weight is 183 g/mol. The van der Waals surface area contributed by atoms with Crippen LogP contribution in [0.25, 0.3) is 0 Å². The molecule has 0 spiro atoms. The van der Waals surface area contributed by atoms with E-state index in [0.29, 0.717) is 0 Å². The van der Waals surface area contributed by atoms with Crippen LogP contribution < -0.4 is 0 Å². The standard InChI is InChI=1S/C10H17NS/c1-3-7-11-8-5-6-10(9-11)12-4-2/h1,10H,4-9H2,2H3. The summed E-state index contributed by atoms with van der Waals surface area (Å²) >= 11 is 2.07. The summed E-state index contributed by atoms with van der Waals surface area (Å²) in [4.78, 5) is 2.39. The van der Waals surface area contributed by atoms with Crippen molar-refractivity contribution in [1.82, 2.24) is 4.90 Å². The quantitative estimate of drug-likeness (QED) is 0.614. The zero-order chi connectivity index (χ0) is 8.81. The number of nitrogens with zero attached hydrogens (tertiary/aromatic N) is 1. The first-order valence-corrected chi connectivity index (χ1v) is 5.69. The molecule has 1 rings (SSSR count). The molecule has 0 N–H and O–H groups in total. The van der Waals surface area contributed by atoms with Gasteiger partial charge >= 0.3 is 0 Å². The van der Waals surface area contributed by atoms with Crippen molar-refractivity contribution in [3.8, 4) is 12.3 Å². The van der Waals surface area contributed by atoms with Crippen LogP contribution in [0.4, 0.5) is 0 Å². The predicted molar refractivity (Wildman–Crippen MR) is 56.4 cm³/mol. The van der Waals surface area contributed by atoms with E-state index in [-0.39, 0.29) is 0 Å². The Hall–Kier alpha value is -0.130. The van der Waals surface area contributed by atoms with E-state index in [1.165, 1.54) is 31.7 Å². The molecular weight excluding hydrogens is 166 g/mol. The Morgan fingerprint density at radius 3 is 3.17 bits per heavy atom. The maximum atomic E-state index is 5.28. The molecule has 0 bridgehead atoms. The Balaban J connectivity index is 2.26. The summed E-state index contributed by atoms with van der Waals surface area (Å²) in [7, 11) is 0. The molecule has 1 aliphatic heterocycles. The van der Waals surface area contributed by atoms with E-state index < -0.39 is 0 Å². The molecule has 1 nitrogen and oxygen atoms in total. The molecule has 0 amide bonds. The first-order chi connectivity index (χ1) is 5.86. The summed E-state index contributed by atoms with van der Waals surface area (Å²) in [5.41, 5.74) is 0. The Kier molecular flexibility index (Phi) is 4.57. The van der Waals surface area contributed by atoms with Crippen LogP contribution in [0, 0.1) is 12.3 Å². The number of likely N-dealkylation sites (tertiary alicyclic amines) is 1. The monoisotopic (exact) mass is 183 g/mol. The summed E-state index contributed by atoms with van der Waals surface area (Å²) in [6.45, 7) is 5.46. The fraction of sp³-hybridized carbons (Fsp3) is 0.800. The van der Waals surface area contributed by atoms with Crippen molar-refractivity contribution in [1.29, 1.82) is 0 Å². The van der Waals surface area contributed by atoms with Gasteiger partial charge in [-0.2, -0.15) is 11.8 Å². The second-order valence-corrected chi connectivity index (χ2v) is 4.74. The molecule has 0 aliphatic carbocycles. The third-order valence-electron chi connectivity index (χ3n) is 2.18. The molecule has 0 aromatic carbocycles. The molecule has 1 fully saturated rings. The first kappa shape index (κ1) is 9.95. The lowest BCUT2D eigenvalue weighted by Gasteiger charge is -2.30. The lowest BCUT2D eigenvalue weighted by atomic mass is 10.1. The van der Waals surface area contributed by atoms with Gasteiger partial charge in [-0.1, -0.05) is 12.8 Å². The van der Waals surface area contributed by atoms with Gasteiger partial charge in [-0.15, -0.1) is 6.42 Å². The van der Waals surface area contributed by atoms with Crippen molar-refractivity contribution >= 4 is 11.8 Å². The lowest BCUT2D eigenvalue weighted by Crippen LogP contribution is -2.37. The first-order valence-electron chi connectivity index (χ1n) is 4.64. The average Bonchev–Trinajstić information content (AvgIpc) is 2.06. The third kappa shape index (κ3) is 3.08. The third-order valence-corrected chi connectivity index (χ3v) is 3.37. The molecule has 1 atom stereocenters. The molecule has 2 heteroatoms. The number of hydrogen-bond acceptors (Lipinski definition) is 2. The molecule has 12 heavy (non-hydrogen) atoms. The molecule has 1 aliphatic rings. The number of hydrogen-bond donors (Lipinski definition) is 0. The normalized spacial score (nSPS) is 25.2. The Morgan fingerprint density at radius 1 is 1.67 bits per heavy atom. The molecule has 1 heterocycles. The number of thioether (sulfide) groups is 1. The van der Waals surface area contributed by atoms with Gasteiger partial charge in [-0.05, 0) is 25.1 Å². The van der Waals surface area contributed by atoms with Crippen molar-refractivity contribution in [3.05, 3.63) is 0 Å². The molecule has 68 valence electrons. The van der Waals surface area contributed by atoms with Crippen molar-refractivity contribution in [3.63, 3.8) is 0 Å². The fourth-order valence-electron chi connectivity index (χ4n) is 1.66. The Labute approximate surface area is 79.9 Å². The minimum absolute atomic E-state index is 0.831. The van der Waals surface area contributed by atoms with Crippen LogP contribution in [0.2, 0.25) is 0 Å². The van der Waals surface area contributed by atoms with Crippen LogP contribution in [0.15, 0.2) is 0 Å². The molecule has 0 aromatic rings. The Morgan fingerprint density at radius 2 is 2.50 bits per heavy atom. The SMILES string of the molecule is C#CCN1CCCC(SCC)C1. The number of terminal acetylenes is 1. The van der Waals surface area contributed by atoms with Gasteiger partial charge in [0.05, 0.1) is 6.54 Å². The van der Waals surface area contributed by atoms with E-state index in [2.05, 4.69) is 29.5 Å². The zero-order valence-electron chi connectivity index (χ0n) is 7.75. The molecule has 1 unspecified atom stereocenters. The predicted octanol–water partition coefficient (Wildman–Crippen LogP) is 1.84. The zero-order valence-corrected chi connectivity index (χ0v) is 8.57. The van der Waals surface area contributed by atoms with E-state index in [0.717, 1.165) is 11.8 Å². The molecule has 0 radical (unpaired) electrons. The van der Waals surface area contributed by atoms with Crippen molar-refractivity contribution < 1.29 is 0 Å². The lowest BCUT2D eigenvalue weighted by molar-refractivity contribution is 0.261. The summed E-state index contributed by atoms with van der Waals surface area (Å²) in [5, 5.41) is 0.831. The second kappa shape index (κ2) is 5.50. The molecule has 0 saturated carbocycles. The maximum absolute atomic E-state index is 5.28. The summed E-state index contributed by atoms with van der Waals surface area (Å²) in [6, 6.07) is 0. The van der Waals surface area contributed by atoms with Crippen LogP contribution in [-0.4, -0.2) is 35.5 Å². The molecular formula is C10H17NS. The van der Waals surface area contributed by atoms with Gasteiger partial charge in [0.25, 0.3) is 0 Å². The van der Waals surface area contributed by atoms with E-state index in [1.54, 1.807) is 0 Å². The van der Waals surface area contributed by atoms with E-state index in [9.17, 15) is 0 Å². The van der Waals surface area contributed by atoms with Gasteiger partial charge in [0, 0.05) is 11.8 Å². The van der Waals surface area contributed by atoms with Gasteiger partial charge in [-0.3, -0.25) is 4.90 Å². The highest BCUT2D eigenvalue weighted by molar-refractivity contribution is 7.99. The largest absolute Gasteiger partial charge is 0.291 e. The highest BCUT2D eigenvalue weighted by Crippen LogP contribution is 2.21. The van der Waals surface area contributed by atoms with Crippen LogP contribution in [0.1, 0.15) is 19.8 Å². The van der Waals surface area contributed by atoms with E-state index in [1.807, 2.05) is 0 Å². The van der Waals surface area contributed by atoms with Crippen LogP contribution in [-0.2, 0) is 0 Å². The van der Waals surface area contributed by atoms with Gasteiger partial charge in [0.2, 0.25) is 0 Å². The van der Waals surface area contributed by atoms with Gasteiger partial charge in [0.15, 0.2) is 0 Å². The number of rotatable bonds is 3. The summed E-state index contributed by atoms with van der Waals surface area (Å²) < 4.78 is 0.